The molecule has 26 heavy (non-hydrogen) atoms. The van der Waals surface area contributed by atoms with Crippen molar-refractivity contribution in [3.63, 3.8) is 0 Å². The Kier molecular flexibility index (Phi) is 5.81. The maximum atomic E-state index is 6.28. The van der Waals surface area contributed by atoms with Gasteiger partial charge in [-0.25, -0.2) is 0 Å². The minimum Gasteiger partial charge on any atom is -0.403 e. The summed E-state index contributed by atoms with van der Waals surface area (Å²) in [4.78, 5) is 0. The van der Waals surface area contributed by atoms with Crippen LogP contribution in [0.15, 0.2) is 0 Å². The first-order valence-corrected chi connectivity index (χ1v) is 10.2. The quantitative estimate of drug-likeness (QED) is 0.625. The SMILES string of the molecule is C[C@H]([C@@H](C)[C@H](C)B1OC(C)(C)C(C)(C)O1)[C@H](C)B1OC(C)(C)C(C)(C)O1. The highest BCUT2D eigenvalue weighted by Crippen LogP contribution is 2.47. The molecule has 2 fully saturated rings. The van der Waals surface area contributed by atoms with E-state index in [1.165, 1.54) is 0 Å². The van der Waals surface area contributed by atoms with E-state index in [1.54, 1.807) is 0 Å². The van der Waals surface area contributed by atoms with Gasteiger partial charge in [0, 0.05) is 0 Å². The fourth-order valence-corrected chi connectivity index (χ4v) is 3.66. The monoisotopic (exact) mass is 366 g/mol. The molecule has 0 N–H and O–H groups in total. The predicted octanol–water partition coefficient (Wildman–Crippen LogP) is 5.22. The summed E-state index contributed by atoms with van der Waals surface area (Å²) in [6.45, 7) is 26.0. The van der Waals surface area contributed by atoms with Crippen molar-refractivity contribution in [2.75, 3.05) is 0 Å². The first-order chi connectivity index (χ1) is 11.5. The maximum absolute atomic E-state index is 6.28. The molecule has 2 aliphatic rings. The van der Waals surface area contributed by atoms with E-state index in [1.807, 2.05) is 0 Å². The van der Waals surface area contributed by atoms with Crippen LogP contribution in [-0.4, -0.2) is 36.6 Å². The number of rotatable bonds is 5. The molecule has 150 valence electrons. The van der Waals surface area contributed by atoms with Crippen LogP contribution in [0.5, 0.6) is 0 Å². The van der Waals surface area contributed by atoms with Crippen LogP contribution in [-0.2, 0) is 18.6 Å². The van der Waals surface area contributed by atoms with Crippen molar-refractivity contribution in [1.29, 1.82) is 0 Å². The molecule has 0 amide bonds. The molecular formula is C20H40B2O4. The van der Waals surface area contributed by atoms with E-state index in [0.717, 1.165) is 0 Å². The lowest BCUT2D eigenvalue weighted by molar-refractivity contribution is 0.00578. The lowest BCUT2D eigenvalue weighted by Crippen LogP contribution is -2.41. The summed E-state index contributed by atoms with van der Waals surface area (Å²) in [6.07, 6.45) is 0. The van der Waals surface area contributed by atoms with E-state index in [0.29, 0.717) is 11.8 Å². The van der Waals surface area contributed by atoms with E-state index in [9.17, 15) is 0 Å². The van der Waals surface area contributed by atoms with Gasteiger partial charge in [-0.1, -0.05) is 27.7 Å². The van der Waals surface area contributed by atoms with Crippen LogP contribution < -0.4 is 0 Å². The van der Waals surface area contributed by atoms with Crippen LogP contribution in [0.25, 0.3) is 0 Å². The van der Waals surface area contributed by atoms with E-state index in [2.05, 4.69) is 83.1 Å². The van der Waals surface area contributed by atoms with Gasteiger partial charge in [-0.15, -0.1) is 0 Å². The molecule has 2 heterocycles. The summed E-state index contributed by atoms with van der Waals surface area (Å²) >= 11 is 0. The highest BCUT2D eigenvalue weighted by molar-refractivity contribution is 6.48. The smallest absolute Gasteiger partial charge is 0.403 e. The Balaban J connectivity index is 2.04. The van der Waals surface area contributed by atoms with Gasteiger partial charge in [-0.2, -0.15) is 0 Å². The molecule has 0 aliphatic carbocycles. The largest absolute Gasteiger partial charge is 0.461 e. The summed E-state index contributed by atoms with van der Waals surface area (Å²) < 4.78 is 25.1. The first kappa shape index (κ1) is 22.3. The molecule has 2 rings (SSSR count). The van der Waals surface area contributed by atoms with Gasteiger partial charge in [0.25, 0.3) is 0 Å². The summed E-state index contributed by atoms with van der Waals surface area (Å²) in [5, 5.41) is 0. The third-order valence-electron chi connectivity index (χ3n) is 7.89. The highest BCUT2D eigenvalue weighted by Gasteiger charge is 2.56. The molecule has 4 atom stereocenters. The van der Waals surface area contributed by atoms with E-state index in [-0.39, 0.29) is 48.3 Å². The zero-order valence-corrected chi connectivity index (χ0v) is 19.1. The molecular weight excluding hydrogens is 326 g/mol. The molecule has 2 saturated heterocycles. The lowest BCUT2D eigenvalue weighted by atomic mass is 9.56. The normalized spacial score (nSPS) is 30.9. The summed E-state index contributed by atoms with van der Waals surface area (Å²) in [6, 6.07) is 0. The van der Waals surface area contributed by atoms with Gasteiger partial charge < -0.3 is 18.6 Å². The number of hydrogen-bond acceptors (Lipinski definition) is 4. The Hall–Kier alpha value is -0.0301. The molecule has 4 nitrogen and oxygen atoms in total. The molecule has 0 aromatic heterocycles. The van der Waals surface area contributed by atoms with Crippen LogP contribution in [0.4, 0.5) is 0 Å². The van der Waals surface area contributed by atoms with Gasteiger partial charge in [0.1, 0.15) is 0 Å². The van der Waals surface area contributed by atoms with E-state index in [4.69, 9.17) is 18.6 Å². The van der Waals surface area contributed by atoms with Crippen molar-refractivity contribution < 1.29 is 18.6 Å². The van der Waals surface area contributed by atoms with Crippen LogP contribution in [0.2, 0.25) is 11.6 Å². The minimum atomic E-state index is -0.285. The molecule has 0 unspecified atom stereocenters. The van der Waals surface area contributed by atoms with E-state index < -0.39 is 0 Å². The fourth-order valence-electron chi connectivity index (χ4n) is 3.66. The van der Waals surface area contributed by atoms with Crippen molar-refractivity contribution >= 4 is 14.2 Å². The third-order valence-corrected chi connectivity index (χ3v) is 7.89. The topological polar surface area (TPSA) is 36.9 Å². The minimum absolute atomic E-state index is 0.178. The Morgan fingerprint density at radius 1 is 0.462 bits per heavy atom. The van der Waals surface area contributed by atoms with Crippen molar-refractivity contribution in [3.8, 4) is 0 Å². The Morgan fingerprint density at radius 2 is 0.654 bits per heavy atom. The Morgan fingerprint density at radius 3 is 0.846 bits per heavy atom. The van der Waals surface area contributed by atoms with Gasteiger partial charge in [0.15, 0.2) is 0 Å². The van der Waals surface area contributed by atoms with Crippen molar-refractivity contribution in [2.45, 2.75) is 117 Å². The first-order valence-electron chi connectivity index (χ1n) is 10.2. The maximum Gasteiger partial charge on any atom is 0.461 e. The zero-order chi connectivity index (χ0) is 20.3. The Bertz CT molecular complexity index is 440. The molecule has 0 saturated carbocycles. The third kappa shape index (κ3) is 3.76. The second kappa shape index (κ2) is 6.79. The van der Waals surface area contributed by atoms with Crippen LogP contribution >= 0.6 is 0 Å². The van der Waals surface area contributed by atoms with Crippen molar-refractivity contribution in [1.82, 2.24) is 0 Å². The summed E-state index contributed by atoms with van der Waals surface area (Å²) in [5.74, 6) is 1.41. The molecule has 0 spiro atoms. The number of hydrogen-bond donors (Lipinski definition) is 0. The molecule has 0 bridgehead atoms. The predicted molar refractivity (Wildman–Crippen MR) is 109 cm³/mol. The molecule has 2 aliphatic heterocycles. The second-order valence-corrected chi connectivity index (χ2v) is 10.7. The van der Waals surface area contributed by atoms with Gasteiger partial charge in [0.2, 0.25) is 0 Å². The zero-order valence-electron chi connectivity index (χ0n) is 19.1. The summed E-state index contributed by atoms with van der Waals surface area (Å²) in [7, 11) is -0.356. The molecule has 0 radical (unpaired) electrons. The standard InChI is InChI=1S/C20H40B2O4/c1-13(15(3)21-23-17(5,6)18(7,8)24-21)14(2)16(4)22-25-19(9,10)20(11,12)26-22/h13-16H,1-12H3/t13-,14-,15+,16+/m1/s1. The molecule has 6 heteroatoms. The van der Waals surface area contributed by atoms with Gasteiger partial charge in [-0.05, 0) is 78.9 Å². The Labute approximate surface area is 162 Å². The summed E-state index contributed by atoms with van der Waals surface area (Å²) in [5.41, 5.74) is -1.14. The van der Waals surface area contributed by atoms with Gasteiger partial charge in [-0.3, -0.25) is 0 Å². The van der Waals surface area contributed by atoms with E-state index >= 15 is 0 Å². The van der Waals surface area contributed by atoms with Crippen LogP contribution in [0.1, 0.15) is 83.1 Å². The van der Waals surface area contributed by atoms with Gasteiger partial charge in [0.05, 0.1) is 22.4 Å². The van der Waals surface area contributed by atoms with Crippen molar-refractivity contribution in [3.05, 3.63) is 0 Å². The average molecular weight is 366 g/mol. The van der Waals surface area contributed by atoms with Gasteiger partial charge >= 0.3 is 14.2 Å². The average Bonchev–Trinajstić information content (AvgIpc) is 2.84. The fraction of sp³-hybridized carbons (Fsp3) is 1.00. The highest BCUT2D eigenvalue weighted by atomic mass is 16.7. The molecule has 0 aromatic carbocycles. The van der Waals surface area contributed by atoms with Crippen LogP contribution in [0.3, 0.4) is 0 Å². The lowest BCUT2D eigenvalue weighted by Gasteiger charge is -2.32. The van der Waals surface area contributed by atoms with Crippen molar-refractivity contribution in [2.24, 2.45) is 11.8 Å². The van der Waals surface area contributed by atoms with Crippen LogP contribution in [0, 0.1) is 11.8 Å². The molecule has 0 aromatic rings. The second-order valence-electron chi connectivity index (χ2n) is 10.7.